The fourth-order valence-corrected chi connectivity index (χ4v) is 4.27. The number of rotatable bonds is 3. The van der Waals surface area contributed by atoms with Crippen LogP contribution in [0, 0.1) is 0 Å². The van der Waals surface area contributed by atoms with Crippen molar-refractivity contribution >= 4 is 44.3 Å². The number of ketones is 1. The first-order valence-electron chi connectivity index (χ1n) is 9.71. The van der Waals surface area contributed by atoms with Crippen molar-refractivity contribution in [2.45, 2.75) is 13.0 Å². The summed E-state index contributed by atoms with van der Waals surface area (Å²) in [4.78, 5) is 40.2. The zero-order chi connectivity index (χ0) is 21.7. The fraction of sp³-hybridized carbons (Fsp3) is 0.0800. The first-order valence-corrected chi connectivity index (χ1v) is 10.5. The first-order chi connectivity index (χ1) is 15.0. The van der Waals surface area contributed by atoms with Gasteiger partial charge in [-0.3, -0.25) is 19.3 Å². The molecule has 5 rings (SSSR count). The van der Waals surface area contributed by atoms with Crippen LogP contribution in [0.1, 0.15) is 45.0 Å². The first kappa shape index (κ1) is 19.5. The van der Waals surface area contributed by atoms with Crippen LogP contribution < -0.4 is 10.3 Å². The molecule has 0 aliphatic carbocycles. The third-order valence-corrected chi connectivity index (χ3v) is 6.04. The quantitative estimate of drug-likeness (QED) is 0.368. The van der Waals surface area contributed by atoms with Crippen LogP contribution in [0.3, 0.4) is 0 Å². The van der Waals surface area contributed by atoms with E-state index in [4.69, 9.17) is 4.42 Å². The molecule has 0 radical (unpaired) electrons. The Kier molecular flexibility index (Phi) is 4.59. The van der Waals surface area contributed by atoms with Gasteiger partial charge < -0.3 is 4.42 Å². The number of hydrogen-bond acceptors (Lipinski definition) is 4. The number of anilines is 1. The summed E-state index contributed by atoms with van der Waals surface area (Å²) in [5.41, 5.74) is 2.39. The summed E-state index contributed by atoms with van der Waals surface area (Å²) in [5, 5.41) is 0.435. The van der Waals surface area contributed by atoms with Crippen LogP contribution in [0.4, 0.5) is 5.69 Å². The number of Topliss-reactive ketones (excluding diaryl/α,β-unsaturated/α-hetero) is 1. The Bertz CT molecular complexity index is 1400. The van der Waals surface area contributed by atoms with E-state index in [9.17, 15) is 14.4 Å². The predicted molar refractivity (Wildman–Crippen MR) is 122 cm³/mol. The number of carbonyl (C=O) groups is 2. The minimum Gasteiger partial charge on any atom is -0.450 e. The van der Waals surface area contributed by atoms with Gasteiger partial charge in [-0.1, -0.05) is 40.2 Å². The zero-order valence-electron chi connectivity index (χ0n) is 16.5. The number of hydrogen-bond donors (Lipinski definition) is 0. The lowest BCUT2D eigenvalue weighted by atomic mass is 9.98. The van der Waals surface area contributed by atoms with Crippen LogP contribution in [0.5, 0.6) is 0 Å². The summed E-state index contributed by atoms with van der Waals surface area (Å²) in [6.45, 7) is 1.49. The van der Waals surface area contributed by atoms with E-state index < -0.39 is 6.04 Å². The molecule has 1 aromatic heterocycles. The van der Waals surface area contributed by atoms with Gasteiger partial charge in [0.2, 0.25) is 5.76 Å². The largest absolute Gasteiger partial charge is 0.450 e. The Morgan fingerprint density at radius 1 is 0.935 bits per heavy atom. The molecule has 2 heterocycles. The van der Waals surface area contributed by atoms with E-state index in [1.165, 1.54) is 6.92 Å². The smallest absolute Gasteiger partial charge is 0.295 e. The molecule has 0 N–H and O–H groups in total. The van der Waals surface area contributed by atoms with E-state index in [2.05, 4.69) is 15.9 Å². The maximum atomic E-state index is 13.5. The van der Waals surface area contributed by atoms with Crippen molar-refractivity contribution in [3.63, 3.8) is 0 Å². The lowest BCUT2D eigenvalue weighted by molar-refractivity contribution is 0.0970. The van der Waals surface area contributed by atoms with Crippen molar-refractivity contribution in [2.75, 3.05) is 4.90 Å². The number of halogens is 1. The zero-order valence-corrected chi connectivity index (χ0v) is 18.0. The summed E-state index contributed by atoms with van der Waals surface area (Å²) < 4.78 is 6.82. The molecule has 0 saturated carbocycles. The molecule has 152 valence electrons. The Balaban J connectivity index is 1.77. The van der Waals surface area contributed by atoms with Gasteiger partial charge in [-0.05, 0) is 61.0 Å². The SMILES string of the molecule is CC(=O)c1ccc(N2C(=O)c3oc4ccccc4c(=O)c3C2c2ccc(Br)cc2)cc1. The molecule has 1 unspecified atom stereocenters. The summed E-state index contributed by atoms with van der Waals surface area (Å²) in [6.07, 6.45) is 0. The molecular weight excluding hydrogens is 458 g/mol. The van der Waals surface area contributed by atoms with Gasteiger partial charge in [0.1, 0.15) is 5.58 Å². The molecule has 0 fully saturated rings. The van der Waals surface area contributed by atoms with Gasteiger partial charge in [0.05, 0.1) is 17.0 Å². The number of fused-ring (bicyclic) bond motifs is 2. The highest BCUT2D eigenvalue weighted by Gasteiger charge is 2.43. The summed E-state index contributed by atoms with van der Waals surface area (Å²) in [6, 6.07) is 20.6. The van der Waals surface area contributed by atoms with Crippen molar-refractivity contribution in [3.8, 4) is 0 Å². The van der Waals surface area contributed by atoms with Gasteiger partial charge in [-0.15, -0.1) is 0 Å². The van der Waals surface area contributed by atoms with E-state index in [1.54, 1.807) is 53.4 Å². The average Bonchev–Trinajstić information content (AvgIpc) is 3.07. The summed E-state index contributed by atoms with van der Waals surface area (Å²) in [7, 11) is 0. The molecule has 4 aromatic rings. The molecule has 1 atom stereocenters. The maximum absolute atomic E-state index is 13.5. The standard InChI is InChI=1S/C25H16BrNO4/c1-14(28)15-8-12-18(13-9-15)27-22(16-6-10-17(26)11-7-16)21-23(29)19-4-2-3-5-20(19)31-24(21)25(27)30/h2-13,22H,1H3. The Morgan fingerprint density at radius 3 is 2.29 bits per heavy atom. The summed E-state index contributed by atoms with van der Waals surface area (Å²) in [5.74, 6) is -0.399. The molecule has 5 nitrogen and oxygen atoms in total. The van der Waals surface area contributed by atoms with Crippen LogP contribution in [0.15, 0.2) is 86.5 Å². The number of benzene rings is 3. The Hall–Kier alpha value is -3.51. The minimum atomic E-state index is -0.639. The van der Waals surface area contributed by atoms with Crippen molar-refractivity contribution in [3.05, 3.63) is 110 Å². The highest BCUT2D eigenvalue weighted by Crippen LogP contribution is 2.41. The topological polar surface area (TPSA) is 67.6 Å². The van der Waals surface area contributed by atoms with E-state index in [-0.39, 0.29) is 22.9 Å². The molecule has 0 saturated heterocycles. The van der Waals surface area contributed by atoms with Crippen molar-refractivity contribution in [1.82, 2.24) is 0 Å². The molecule has 6 heteroatoms. The monoisotopic (exact) mass is 473 g/mol. The Morgan fingerprint density at radius 2 is 1.61 bits per heavy atom. The lowest BCUT2D eigenvalue weighted by Gasteiger charge is -2.25. The van der Waals surface area contributed by atoms with Crippen LogP contribution in [0.25, 0.3) is 11.0 Å². The second-order valence-electron chi connectivity index (χ2n) is 7.40. The molecule has 0 bridgehead atoms. The van der Waals surface area contributed by atoms with Gasteiger partial charge in [0, 0.05) is 15.7 Å². The molecule has 0 spiro atoms. The highest BCUT2D eigenvalue weighted by atomic mass is 79.9. The second-order valence-corrected chi connectivity index (χ2v) is 8.32. The average molecular weight is 474 g/mol. The van der Waals surface area contributed by atoms with Crippen LogP contribution in [-0.4, -0.2) is 11.7 Å². The van der Waals surface area contributed by atoms with Gasteiger partial charge in [-0.25, -0.2) is 0 Å². The molecule has 3 aromatic carbocycles. The fourth-order valence-electron chi connectivity index (χ4n) is 4.00. The molecule has 1 amide bonds. The van der Waals surface area contributed by atoms with Crippen molar-refractivity contribution < 1.29 is 14.0 Å². The van der Waals surface area contributed by atoms with Crippen LogP contribution in [0.2, 0.25) is 0 Å². The molecule has 31 heavy (non-hydrogen) atoms. The third kappa shape index (κ3) is 3.11. The van der Waals surface area contributed by atoms with E-state index in [0.717, 1.165) is 10.0 Å². The number of para-hydroxylation sites is 1. The molecule has 1 aliphatic rings. The van der Waals surface area contributed by atoms with E-state index in [1.807, 2.05) is 24.3 Å². The normalized spacial score (nSPS) is 15.4. The van der Waals surface area contributed by atoms with Gasteiger partial charge in [0.15, 0.2) is 11.2 Å². The highest BCUT2D eigenvalue weighted by molar-refractivity contribution is 9.10. The third-order valence-electron chi connectivity index (χ3n) is 5.52. The van der Waals surface area contributed by atoms with Gasteiger partial charge >= 0.3 is 0 Å². The van der Waals surface area contributed by atoms with Gasteiger partial charge in [-0.2, -0.15) is 0 Å². The van der Waals surface area contributed by atoms with E-state index in [0.29, 0.717) is 27.8 Å². The minimum absolute atomic E-state index is 0.0484. The summed E-state index contributed by atoms with van der Waals surface area (Å²) >= 11 is 3.43. The Labute approximate surface area is 186 Å². The van der Waals surface area contributed by atoms with Crippen LogP contribution in [-0.2, 0) is 0 Å². The predicted octanol–water partition coefficient (Wildman–Crippen LogP) is 5.51. The maximum Gasteiger partial charge on any atom is 0.295 e. The van der Waals surface area contributed by atoms with Gasteiger partial charge in [0.25, 0.3) is 5.91 Å². The number of amides is 1. The number of nitrogens with zero attached hydrogens (tertiary/aromatic N) is 1. The number of carbonyl (C=O) groups excluding carboxylic acids is 2. The molecular formula is C25H16BrNO4. The second kappa shape index (κ2) is 7.32. The lowest BCUT2D eigenvalue weighted by Crippen LogP contribution is -2.29. The van der Waals surface area contributed by atoms with Crippen LogP contribution >= 0.6 is 15.9 Å². The van der Waals surface area contributed by atoms with Crippen molar-refractivity contribution in [1.29, 1.82) is 0 Å². The molecule has 1 aliphatic heterocycles. The van der Waals surface area contributed by atoms with E-state index >= 15 is 0 Å². The van der Waals surface area contributed by atoms with Crippen molar-refractivity contribution in [2.24, 2.45) is 0 Å².